The number of fused-ring (bicyclic) bond motifs is 1. The third-order valence-electron chi connectivity index (χ3n) is 3.10. The molecule has 2 nitrogen and oxygen atoms in total. The average Bonchev–Trinajstić information content (AvgIpc) is 2.79. The molecule has 0 amide bonds. The van der Waals surface area contributed by atoms with Crippen molar-refractivity contribution in [2.24, 2.45) is 0 Å². The Labute approximate surface area is 130 Å². The highest BCUT2D eigenvalue weighted by atomic mass is 79.9. The van der Waals surface area contributed by atoms with Gasteiger partial charge in [0.1, 0.15) is 5.25 Å². The van der Waals surface area contributed by atoms with Gasteiger partial charge in [0.15, 0.2) is 5.78 Å². The van der Waals surface area contributed by atoms with Crippen molar-refractivity contribution in [3.63, 3.8) is 0 Å². The van der Waals surface area contributed by atoms with Gasteiger partial charge in [0.25, 0.3) is 0 Å². The second-order valence-electron chi connectivity index (χ2n) is 4.52. The highest BCUT2D eigenvalue weighted by Crippen LogP contribution is 2.39. The molecule has 3 rings (SSSR count). The minimum Gasteiger partial charge on any atom is -0.358 e. The SMILES string of the molecule is C=C(Nc1ccc(Br)cc1)C1Sc2ccccc2C1=O. The molecule has 100 valence electrons. The van der Waals surface area contributed by atoms with E-state index in [-0.39, 0.29) is 11.0 Å². The molecule has 20 heavy (non-hydrogen) atoms. The number of halogens is 1. The summed E-state index contributed by atoms with van der Waals surface area (Å²) in [5.74, 6) is 0.125. The van der Waals surface area contributed by atoms with Gasteiger partial charge in [-0.25, -0.2) is 0 Å². The molecule has 0 bridgehead atoms. The summed E-state index contributed by atoms with van der Waals surface area (Å²) in [6.07, 6.45) is 0. The Hall–Kier alpha value is -1.52. The van der Waals surface area contributed by atoms with Crippen molar-refractivity contribution in [2.75, 3.05) is 5.32 Å². The summed E-state index contributed by atoms with van der Waals surface area (Å²) in [6, 6.07) is 15.5. The van der Waals surface area contributed by atoms with Crippen LogP contribution in [-0.4, -0.2) is 11.0 Å². The second-order valence-corrected chi connectivity index (χ2v) is 6.58. The maximum Gasteiger partial charge on any atom is 0.183 e. The number of hydrogen-bond acceptors (Lipinski definition) is 3. The molecule has 1 N–H and O–H groups in total. The van der Waals surface area contributed by atoms with Crippen LogP contribution in [-0.2, 0) is 0 Å². The predicted molar refractivity (Wildman–Crippen MR) is 87.3 cm³/mol. The molecular formula is C16H12BrNOS. The summed E-state index contributed by atoms with van der Waals surface area (Å²) in [5.41, 5.74) is 2.45. The van der Waals surface area contributed by atoms with Crippen molar-refractivity contribution in [1.29, 1.82) is 0 Å². The van der Waals surface area contributed by atoms with Crippen LogP contribution in [0.1, 0.15) is 10.4 Å². The van der Waals surface area contributed by atoms with Gasteiger partial charge in [0.05, 0.1) is 0 Å². The number of ketones is 1. The van der Waals surface area contributed by atoms with Crippen LogP contribution in [0.3, 0.4) is 0 Å². The molecule has 1 aliphatic rings. The molecule has 0 saturated heterocycles. The Morgan fingerprint density at radius 1 is 1.15 bits per heavy atom. The van der Waals surface area contributed by atoms with E-state index in [0.717, 1.165) is 26.3 Å². The molecule has 4 heteroatoms. The van der Waals surface area contributed by atoms with Gasteiger partial charge in [-0.3, -0.25) is 4.79 Å². The Balaban J connectivity index is 1.77. The smallest absolute Gasteiger partial charge is 0.183 e. The summed E-state index contributed by atoms with van der Waals surface area (Å²) in [6.45, 7) is 4.02. The van der Waals surface area contributed by atoms with Gasteiger partial charge in [-0.2, -0.15) is 0 Å². The van der Waals surface area contributed by atoms with Crippen molar-refractivity contribution < 1.29 is 4.79 Å². The third-order valence-corrected chi connectivity index (χ3v) is 4.97. The summed E-state index contributed by atoms with van der Waals surface area (Å²) < 4.78 is 1.02. The Bertz CT molecular complexity index is 681. The number of carbonyl (C=O) groups is 1. The Morgan fingerprint density at radius 3 is 2.55 bits per heavy atom. The Morgan fingerprint density at radius 2 is 1.85 bits per heavy atom. The fourth-order valence-corrected chi connectivity index (χ4v) is 3.51. The lowest BCUT2D eigenvalue weighted by atomic mass is 10.1. The molecule has 1 aliphatic heterocycles. The molecule has 1 unspecified atom stereocenters. The van der Waals surface area contributed by atoms with E-state index in [0.29, 0.717) is 0 Å². The molecule has 0 aromatic heterocycles. The lowest BCUT2D eigenvalue weighted by Gasteiger charge is -2.14. The minimum absolute atomic E-state index is 0.125. The zero-order valence-electron chi connectivity index (χ0n) is 10.6. The number of thioether (sulfide) groups is 1. The van der Waals surface area contributed by atoms with E-state index in [2.05, 4.69) is 27.8 Å². The van der Waals surface area contributed by atoms with Gasteiger partial charge in [-0.15, -0.1) is 11.8 Å². The lowest BCUT2D eigenvalue weighted by molar-refractivity contribution is 0.100. The van der Waals surface area contributed by atoms with Gasteiger partial charge in [0.2, 0.25) is 0 Å². The second kappa shape index (κ2) is 5.46. The highest BCUT2D eigenvalue weighted by molar-refractivity contribution is 9.10. The van der Waals surface area contributed by atoms with E-state index >= 15 is 0 Å². The molecule has 0 radical (unpaired) electrons. The number of rotatable bonds is 3. The Kier molecular flexibility index (Phi) is 3.68. The number of Topliss-reactive ketones (excluding diaryl/α,β-unsaturated/α-hetero) is 1. The lowest BCUT2D eigenvalue weighted by Crippen LogP contribution is -2.19. The van der Waals surface area contributed by atoms with Crippen LogP contribution in [0.2, 0.25) is 0 Å². The average molecular weight is 346 g/mol. The molecule has 0 aliphatic carbocycles. The van der Waals surface area contributed by atoms with E-state index in [1.165, 1.54) is 0 Å². The first kappa shape index (κ1) is 13.5. The van der Waals surface area contributed by atoms with Crippen LogP contribution in [0.5, 0.6) is 0 Å². The zero-order chi connectivity index (χ0) is 14.1. The van der Waals surface area contributed by atoms with Crippen molar-refractivity contribution in [1.82, 2.24) is 0 Å². The van der Waals surface area contributed by atoms with E-state index in [4.69, 9.17) is 0 Å². The molecule has 2 aromatic rings. The maximum absolute atomic E-state index is 12.4. The van der Waals surface area contributed by atoms with Crippen molar-refractivity contribution >= 4 is 39.2 Å². The van der Waals surface area contributed by atoms with E-state index in [1.807, 2.05) is 48.5 Å². The van der Waals surface area contributed by atoms with Crippen LogP contribution in [0.25, 0.3) is 0 Å². The quantitative estimate of drug-likeness (QED) is 0.871. The fourth-order valence-electron chi connectivity index (χ4n) is 2.11. The third kappa shape index (κ3) is 2.53. The van der Waals surface area contributed by atoms with Gasteiger partial charge >= 0.3 is 0 Å². The first-order valence-electron chi connectivity index (χ1n) is 6.16. The van der Waals surface area contributed by atoms with Crippen molar-refractivity contribution in [3.8, 4) is 0 Å². The van der Waals surface area contributed by atoms with Crippen molar-refractivity contribution in [3.05, 3.63) is 70.8 Å². The summed E-state index contributed by atoms with van der Waals surface area (Å²) >= 11 is 4.95. The summed E-state index contributed by atoms with van der Waals surface area (Å²) in [7, 11) is 0. The highest BCUT2D eigenvalue weighted by Gasteiger charge is 2.33. The molecule has 0 saturated carbocycles. The number of nitrogens with one attached hydrogen (secondary N) is 1. The maximum atomic E-state index is 12.4. The van der Waals surface area contributed by atoms with E-state index in [1.54, 1.807) is 11.8 Å². The predicted octanol–water partition coefficient (Wildman–Crippen LogP) is 4.73. The summed E-state index contributed by atoms with van der Waals surface area (Å²) in [5, 5.41) is 2.97. The van der Waals surface area contributed by atoms with Crippen LogP contribution >= 0.6 is 27.7 Å². The van der Waals surface area contributed by atoms with Gasteiger partial charge in [-0.05, 0) is 30.3 Å². The van der Waals surface area contributed by atoms with E-state index in [9.17, 15) is 4.79 Å². The number of anilines is 1. The fraction of sp³-hybridized carbons (Fsp3) is 0.0625. The normalized spacial score (nSPS) is 16.9. The standard InChI is InChI=1S/C16H12BrNOS/c1-10(18-12-8-6-11(17)7-9-12)16-15(19)13-4-2-3-5-14(13)20-16/h2-9,16,18H,1H2. The molecule has 1 heterocycles. The molecule has 2 aromatic carbocycles. The van der Waals surface area contributed by atoms with E-state index < -0.39 is 0 Å². The van der Waals surface area contributed by atoms with Crippen LogP contribution in [0.4, 0.5) is 5.69 Å². The number of hydrogen-bond donors (Lipinski definition) is 1. The molecule has 0 spiro atoms. The van der Waals surface area contributed by atoms with Gasteiger partial charge < -0.3 is 5.32 Å². The molecular weight excluding hydrogens is 334 g/mol. The van der Waals surface area contributed by atoms with Crippen LogP contribution in [0.15, 0.2) is 70.2 Å². The topological polar surface area (TPSA) is 29.1 Å². The van der Waals surface area contributed by atoms with Crippen molar-refractivity contribution in [2.45, 2.75) is 10.1 Å². The summed E-state index contributed by atoms with van der Waals surface area (Å²) in [4.78, 5) is 13.4. The minimum atomic E-state index is -0.254. The largest absolute Gasteiger partial charge is 0.358 e. The van der Waals surface area contributed by atoms with Crippen LogP contribution < -0.4 is 5.32 Å². The number of benzene rings is 2. The molecule has 1 atom stereocenters. The monoisotopic (exact) mass is 345 g/mol. The van der Waals surface area contributed by atoms with Gasteiger partial charge in [-0.1, -0.05) is 40.7 Å². The first-order chi connectivity index (χ1) is 9.65. The van der Waals surface area contributed by atoms with Gasteiger partial charge in [0, 0.05) is 26.3 Å². The number of carbonyl (C=O) groups excluding carboxylic acids is 1. The first-order valence-corrected chi connectivity index (χ1v) is 7.84. The van der Waals surface area contributed by atoms with Crippen LogP contribution in [0, 0.1) is 0 Å². The molecule has 0 fully saturated rings. The zero-order valence-corrected chi connectivity index (χ0v) is 13.0.